The minimum absolute atomic E-state index is 0.211. The molecule has 0 spiro atoms. The summed E-state index contributed by atoms with van der Waals surface area (Å²) in [6.07, 6.45) is 2.44. The Kier molecular flexibility index (Phi) is 4.99. The van der Waals surface area contributed by atoms with Crippen molar-refractivity contribution in [2.75, 3.05) is 19.8 Å². The van der Waals surface area contributed by atoms with Gasteiger partial charge in [-0.1, -0.05) is 12.1 Å². The van der Waals surface area contributed by atoms with Gasteiger partial charge in [-0.3, -0.25) is 0 Å². The molecular formula is C14H21NO3. The maximum atomic E-state index is 9.86. The van der Waals surface area contributed by atoms with E-state index >= 15 is 0 Å². The molecule has 1 heterocycles. The van der Waals surface area contributed by atoms with Crippen LogP contribution in [-0.2, 0) is 4.74 Å². The lowest BCUT2D eigenvalue weighted by Gasteiger charge is -2.14. The van der Waals surface area contributed by atoms with E-state index in [4.69, 9.17) is 15.2 Å². The number of nitrogens with two attached hydrogens (primary N) is 1. The zero-order chi connectivity index (χ0) is 12.8. The van der Waals surface area contributed by atoms with Gasteiger partial charge in [0.1, 0.15) is 12.4 Å². The van der Waals surface area contributed by atoms with Crippen LogP contribution in [0.15, 0.2) is 24.3 Å². The van der Waals surface area contributed by atoms with Gasteiger partial charge in [0.05, 0.1) is 12.2 Å². The van der Waals surface area contributed by atoms with Gasteiger partial charge in [-0.25, -0.2) is 0 Å². The van der Waals surface area contributed by atoms with E-state index in [0.29, 0.717) is 19.6 Å². The molecule has 0 saturated carbocycles. The van der Waals surface area contributed by atoms with Crippen molar-refractivity contribution >= 4 is 0 Å². The molecule has 2 atom stereocenters. The largest absolute Gasteiger partial charge is 0.491 e. The van der Waals surface area contributed by atoms with Crippen molar-refractivity contribution in [2.45, 2.75) is 31.5 Å². The molecule has 18 heavy (non-hydrogen) atoms. The van der Waals surface area contributed by atoms with E-state index in [-0.39, 0.29) is 6.10 Å². The average molecular weight is 251 g/mol. The fourth-order valence-corrected chi connectivity index (χ4v) is 2.10. The molecule has 1 fully saturated rings. The number of benzene rings is 1. The van der Waals surface area contributed by atoms with E-state index in [1.807, 2.05) is 24.3 Å². The average Bonchev–Trinajstić information content (AvgIpc) is 2.90. The summed E-state index contributed by atoms with van der Waals surface area (Å²) in [5, 5.41) is 9.86. The third-order valence-corrected chi connectivity index (χ3v) is 3.14. The Morgan fingerprint density at radius 1 is 1.50 bits per heavy atom. The van der Waals surface area contributed by atoms with Crippen LogP contribution in [0.3, 0.4) is 0 Å². The molecule has 100 valence electrons. The van der Waals surface area contributed by atoms with E-state index in [9.17, 15) is 5.11 Å². The maximum Gasteiger partial charge on any atom is 0.119 e. The Hall–Kier alpha value is -1.10. The fourth-order valence-electron chi connectivity index (χ4n) is 2.10. The van der Waals surface area contributed by atoms with Gasteiger partial charge in [-0.2, -0.15) is 0 Å². The first-order chi connectivity index (χ1) is 8.79. The minimum Gasteiger partial charge on any atom is -0.491 e. The molecule has 1 aliphatic rings. The summed E-state index contributed by atoms with van der Waals surface area (Å²) in [5.41, 5.74) is 6.29. The SMILES string of the molecule is NCCC(O)c1cccc(OCC2CCCO2)c1. The Labute approximate surface area is 108 Å². The Balaban J connectivity index is 1.89. The van der Waals surface area contributed by atoms with Crippen molar-refractivity contribution in [3.8, 4) is 5.75 Å². The lowest BCUT2D eigenvalue weighted by atomic mass is 10.1. The molecule has 0 amide bonds. The molecule has 0 aromatic heterocycles. The van der Waals surface area contributed by atoms with Crippen LogP contribution in [0.4, 0.5) is 0 Å². The zero-order valence-electron chi connectivity index (χ0n) is 10.5. The summed E-state index contributed by atoms with van der Waals surface area (Å²) < 4.78 is 11.2. The zero-order valence-corrected chi connectivity index (χ0v) is 10.5. The highest BCUT2D eigenvalue weighted by atomic mass is 16.5. The molecule has 4 nitrogen and oxygen atoms in total. The van der Waals surface area contributed by atoms with Gasteiger partial charge in [0.15, 0.2) is 0 Å². The Morgan fingerprint density at radius 3 is 3.11 bits per heavy atom. The summed E-state index contributed by atoms with van der Waals surface area (Å²) >= 11 is 0. The van der Waals surface area contributed by atoms with Crippen molar-refractivity contribution in [2.24, 2.45) is 5.73 Å². The van der Waals surface area contributed by atoms with Crippen molar-refractivity contribution in [3.05, 3.63) is 29.8 Å². The van der Waals surface area contributed by atoms with Gasteiger partial charge < -0.3 is 20.3 Å². The van der Waals surface area contributed by atoms with Gasteiger partial charge in [0.2, 0.25) is 0 Å². The topological polar surface area (TPSA) is 64.7 Å². The summed E-state index contributed by atoms with van der Waals surface area (Å²) in [4.78, 5) is 0. The highest BCUT2D eigenvalue weighted by Crippen LogP contribution is 2.22. The summed E-state index contributed by atoms with van der Waals surface area (Å²) in [6.45, 7) is 1.89. The molecule has 1 aromatic carbocycles. The lowest BCUT2D eigenvalue weighted by Crippen LogP contribution is -2.16. The highest BCUT2D eigenvalue weighted by Gasteiger charge is 2.16. The third-order valence-electron chi connectivity index (χ3n) is 3.14. The van der Waals surface area contributed by atoms with Crippen LogP contribution in [0.1, 0.15) is 30.9 Å². The molecule has 2 rings (SSSR count). The Morgan fingerprint density at radius 2 is 2.39 bits per heavy atom. The maximum absolute atomic E-state index is 9.86. The predicted octanol–water partition coefficient (Wildman–Crippen LogP) is 1.63. The number of hydrogen-bond acceptors (Lipinski definition) is 4. The molecule has 3 N–H and O–H groups in total. The second-order valence-electron chi connectivity index (χ2n) is 4.61. The van der Waals surface area contributed by atoms with Crippen molar-refractivity contribution in [1.82, 2.24) is 0 Å². The first-order valence-electron chi connectivity index (χ1n) is 6.52. The standard InChI is InChI=1S/C14H21NO3/c15-7-6-14(16)11-3-1-4-12(9-11)18-10-13-5-2-8-17-13/h1,3-4,9,13-14,16H,2,5-8,10,15H2. The first kappa shape index (κ1) is 13.3. The number of ether oxygens (including phenoxy) is 2. The van der Waals surface area contributed by atoms with E-state index < -0.39 is 6.10 Å². The van der Waals surface area contributed by atoms with Crippen LogP contribution in [0.25, 0.3) is 0 Å². The predicted molar refractivity (Wildman–Crippen MR) is 69.5 cm³/mol. The van der Waals surface area contributed by atoms with Gasteiger partial charge >= 0.3 is 0 Å². The van der Waals surface area contributed by atoms with Gasteiger partial charge in [0, 0.05) is 6.61 Å². The van der Waals surface area contributed by atoms with E-state index in [0.717, 1.165) is 30.8 Å². The molecule has 2 unspecified atom stereocenters. The lowest BCUT2D eigenvalue weighted by molar-refractivity contribution is 0.0678. The second-order valence-corrected chi connectivity index (χ2v) is 4.61. The van der Waals surface area contributed by atoms with Crippen LogP contribution < -0.4 is 10.5 Å². The monoisotopic (exact) mass is 251 g/mol. The van der Waals surface area contributed by atoms with Crippen LogP contribution in [0, 0.1) is 0 Å². The third kappa shape index (κ3) is 3.70. The number of aliphatic hydroxyl groups excluding tert-OH is 1. The summed E-state index contributed by atoms with van der Waals surface area (Å²) in [6, 6.07) is 7.54. The molecule has 4 heteroatoms. The normalized spacial score (nSPS) is 20.9. The van der Waals surface area contributed by atoms with Crippen LogP contribution in [0.5, 0.6) is 5.75 Å². The van der Waals surface area contributed by atoms with Crippen molar-refractivity contribution < 1.29 is 14.6 Å². The molecule has 0 aliphatic carbocycles. The van der Waals surface area contributed by atoms with E-state index in [2.05, 4.69) is 0 Å². The molecule has 1 aliphatic heterocycles. The number of rotatable bonds is 6. The highest BCUT2D eigenvalue weighted by molar-refractivity contribution is 5.29. The summed E-state index contributed by atoms with van der Waals surface area (Å²) in [5.74, 6) is 0.777. The molecule has 1 aromatic rings. The smallest absolute Gasteiger partial charge is 0.119 e. The van der Waals surface area contributed by atoms with E-state index in [1.165, 1.54) is 0 Å². The van der Waals surface area contributed by atoms with Crippen LogP contribution >= 0.6 is 0 Å². The van der Waals surface area contributed by atoms with Crippen molar-refractivity contribution in [3.63, 3.8) is 0 Å². The molecule has 0 radical (unpaired) electrons. The Bertz CT molecular complexity index is 364. The quantitative estimate of drug-likeness (QED) is 0.806. The fraction of sp³-hybridized carbons (Fsp3) is 0.571. The van der Waals surface area contributed by atoms with Gasteiger partial charge in [0.25, 0.3) is 0 Å². The number of aliphatic hydroxyl groups is 1. The molecule has 1 saturated heterocycles. The summed E-state index contributed by atoms with van der Waals surface area (Å²) in [7, 11) is 0. The molecular weight excluding hydrogens is 230 g/mol. The first-order valence-corrected chi connectivity index (χ1v) is 6.52. The van der Waals surface area contributed by atoms with E-state index in [1.54, 1.807) is 0 Å². The van der Waals surface area contributed by atoms with Gasteiger partial charge in [-0.15, -0.1) is 0 Å². The molecule has 0 bridgehead atoms. The number of hydrogen-bond donors (Lipinski definition) is 2. The van der Waals surface area contributed by atoms with Crippen molar-refractivity contribution in [1.29, 1.82) is 0 Å². The van der Waals surface area contributed by atoms with Gasteiger partial charge in [-0.05, 0) is 43.5 Å². The minimum atomic E-state index is -0.513. The van der Waals surface area contributed by atoms with Crippen LogP contribution in [0.2, 0.25) is 0 Å². The second kappa shape index (κ2) is 6.73. The van der Waals surface area contributed by atoms with Crippen LogP contribution in [-0.4, -0.2) is 31.0 Å².